The van der Waals surface area contributed by atoms with E-state index in [9.17, 15) is 33.9 Å². The van der Waals surface area contributed by atoms with E-state index >= 15 is 0 Å². The number of piperidine rings is 1. The van der Waals surface area contributed by atoms with Gasteiger partial charge in [-0.05, 0) is 41.3 Å². The van der Waals surface area contributed by atoms with E-state index in [1.165, 1.54) is 0 Å². The smallest absolute Gasteiger partial charge is 0.264 e. The number of benzene rings is 3. The number of nitriles is 1. The quantitative estimate of drug-likeness (QED) is 0.290. The van der Waals surface area contributed by atoms with Crippen LogP contribution in [0.4, 0.5) is 5.69 Å². The Hall–Kier alpha value is -3.66. The van der Waals surface area contributed by atoms with Crippen molar-refractivity contribution >= 4 is 31.6 Å². The van der Waals surface area contributed by atoms with E-state index in [4.69, 9.17) is 0 Å². The minimum atomic E-state index is -4.50. The average molecular weight is 585 g/mol. The monoisotopic (exact) mass is 584 g/mol. The normalized spacial score (nSPS) is 24.2. The second-order valence-corrected chi connectivity index (χ2v) is 11.5. The first-order chi connectivity index (χ1) is 17.6. The summed E-state index contributed by atoms with van der Waals surface area (Å²) in [6, 6.07) is 17.5. The molecule has 0 spiro atoms. The first-order valence-corrected chi connectivity index (χ1v) is 13.4. The summed E-state index contributed by atoms with van der Waals surface area (Å²) >= 11 is 3.36. The molecule has 1 fully saturated rings. The van der Waals surface area contributed by atoms with E-state index in [-0.39, 0.29) is 10.6 Å². The lowest BCUT2D eigenvalue weighted by Crippen LogP contribution is -2.59. The Labute approximate surface area is 221 Å². The van der Waals surface area contributed by atoms with Crippen molar-refractivity contribution < 1.29 is 18.3 Å². The standard InChI is InChI=1S/C25H21BrN4O6S/c1-16-22(15-27)28(37(35,36)21-13-11-20(12-14-21)29(31)32)24(18-5-3-2-4-6-18)25(30(33)34)23(16)17-7-9-19(26)10-8-17/h2-14,16,22-25H,1H3/t16-,22+,23-,24+,25-/m0/s1. The topological polar surface area (TPSA) is 147 Å². The minimum absolute atomic E-state index is 0.296. The van der Waals surface area contributed by atoms with E-state index in [0.717, 1.165) is 33.0 Å². The third kappa shape index (κ3) is 4.85. The summed E-state index contributed by atoms with van der Waals surface area (Å²) in [5, 5.41) is 34.0. The molecule has 0 bridgehead atoms. The predicted octanol–water partition coefficient (Wildman–Crippen LogP) is 5.06. The van der Waals surface area contributed by atoms with Crippen molar-refractivity contribution in [2.75, 3.05) is 0 Å². The Morgan fingerprint density at radius 1 is 0.919 bits per heavy atom. The Morgan fingerprint density at radius 3 is 2.03 bits per heavy atom. The van der Waals surface area contributed by atoms with Crippen LogP contribution in [0.3, 0.4) is 0 Å². The van der Waals surface area contributed by atoms with Crippen LogP contribution in [-0.4, -0.2) is 34.7 Å². The van der Waals surface area contributed by atoms with Crippen LogP contribution in [0, 0.1) is 37.5 Å². The van der Waals surface area contributed by atoms with Gasteiger partial charge in [-0.25, -0.2) is 8.42 Å². The molecule has 190 valence electrons. The molecule has 0 N–H and O–H groups in total. The molecule has 1 saturated heterocycles. The summed E-state index contributed by atoms with van der Waals surface area (Å²) < 4.78 is 29.7. The van der Waals surface area contributed by atoms with Gasteiger partial charge in [0, 0.05) is 21.5 Å². The Morgan fingerprint density at radius 2 is 1.51 bits per heavy atom. The molecule has 1 aliphatic rings. The van der Waals surface area contributed by atoms with Crippen LogP contribution in [0.5, 0.6) is 0 Å². The number of nitro benzene ring substituents is 1. The van der Waals surface area contributed by atoms with Crippen molar-refractivity contribution in [3.63, 3.8) is 0 Å². The van der Waals surface area contributed by atoms with Crippen molar-refractivity contribution in [1.82, 2.24) is 4.31 Å². The average Bonchev–Trinajstić information content (AvgIpc) is 2.89. The number of non-ortho nitro benzene ring substituents is 1. The highest BCUT2D eigenvalue weighted by atomic mass is 79.9. The van der Waals surface area contributed by atoms with E-state index < -0.39 is 49.8 Å². The zero-order valence-corrected chi connectivity index (χ0v) is 21.8. The highest BCUT2D eigenvalue weighted by molar-refractivity contribution is 9.10. The zero-order chi connectivity index (χ0) is 26.9. The van der Waals surface area contributed by atoms with Crippen LogP contribution in [0.15, 0.2) is 88.2 Å². The first-order valence-electron chi connectivity index (χ1n) is 11.2. The zero-order valence-electron chi connectivity index (χ0n) is 19.4. The van der Waals surface area contributed by atoms with Crippen molar-refractivity contribution in [2.24, 2.45) is 5.92 Å². The molecule has 12 heteroatoms. The maximum atomic E-state index is 14.0. The van der Waals surface area contributed by atoms with Crippen molar-refractivity contribution in [3.05, 3.63) is 115 Å². The van der Waals surface area contributed by atoms with Gasteiger partial charge < -0.3 is 0 Å². The minimum Gasteiger partial charge on any atom is -0.264 e. The van der Waals surface area contributed by atoms with E-state index in [1.54, 1.807) is 61.5 Å². The van der Waals surface area contributed by atoms with Crippen molar-refractivity contribution in [1.29, 1.82) is 5.26 Å². The van der Waals surface area contributed by atoms with Crippen molar-refractivity contribution in [3.8, 4) is 6.07 Å². The molecule has 1 aliphatic heterocycles. The molecule has 3 aromatic carbocycles. The van der Waals surface area contributed by atoms with Gasteiger partial charge in [-0.2, -0.15) is 9.57 Å². The molecule has 0 aliphatic carbocycles. The molecule has 0 saturated carbocycles. The Balaban J connectivity index is 1.96. The summed E-state index contributed by atoms with van der Waals surface area (Å²) in [5.41, 5.74) is 0.677. The summed E-state index contributed by atoms with van der Waals surface area (Å²) in [7, 11) is -4.50. The fourth-order valence-corrected chi connectivity index (χ4v) is 7.09. The van der Waals surface area contributed by atoms with Gasteiger partial charge in [0.2, 0.25) is 16.1 Å². The van der Waals surface area contributed by atoms with Gasteiger partial charge in [-0.1, -0.05) is 65.3 Å². The van der Waals surface area contributed by atoms with Gasteiger partial charge in [0.25, 0.3) is 5.69 Å². The molecule has 0 unspecified atom stereocenters. The first kappa shape index (κ1) is 26.4. The van der Waals surface area contributed by atoms with Gasteiger partial charge in [0.1, 0.15) is 12.1 Å². The second-order valence-electron chi connectivity index (χ2n) is 8.73. The maximum Gasteiger partial charge on any atom is 0.269 e. The summed E-state index contributed by atoms with van der Waals surface area (Å²) in [5.74, 6) is -1.53. The van der Waals surface area contributed by atoms with E-state index in [1.807, 2.05) is 0 Å². The molecule has 0 aromatic heterocycles. The van der Waals surface area contributed by atoms with Gasteiger partial charge in [0.15, 0.2) is 0 Å². The SMILES string of the molecule is C[C@@H]1[C@@H](c2ccc(Br)cc2)[C@H]([N+](=O)[O-])[C@@H](c2ccccc2)N(S(=O)(=O)c2ccc([N+](=O)[O-])cc2)[C@@H]1C#N. The number of nitrogens with zero attached hydrogens (tertiary/aromatic N) is 4. The van der Waals surface area contributed by atoms with Crippen LogP contribution in [0.1, 0.15) is 30.0 Å². The van der Waals surface area contributed by atoms with Crippen LogP contribution in [-0.2, 0) is 10.0 Å². The lowest BCUT2D eigenvalue weighted by Gasteiger charge is -2.46. The molecule has 1 heterocycles. The number of hydrogen-bond acceptors (Lipinski definition) is 7. The third-order valence-electron chi connectivity index (χ3n) is 6.70. The number of rotatable bonds is 6. The summed E-state index contributed by atoms with van der Waals surface area (Å²) in [6.07, 6.45) is 0. The van der Waals surface area contributed by atoms with E-state index in [2.05, 4.69) is 22.0 Å². The fourth-order valence-electron chi connectivity index (χ4n) is 5.02. The Kier molecular flexibility index (Phi) is 7.40. The molecule has 0 amide bonds. The van der Waals surface area contributed by atoms with Gasteiger partial charge in [0.05, 0.1) is 21.8 Å². The number of sulfonamides is 1. The van der Waals surface area contributed by atoms with Crippen molar-refractivity contribution in [2.45, 2.75) is 35.9 Å². The molecule has 4 rings (SSSR count). The molecule has 10 nitrogen and oxygen atoms in total. The molecule has 0 radical (unpaired) electrons. The largest absolute Gasteiger partial charge is 0.269 e. The summed E-state index contributed by atoms with van der Waals surface area (Å²) in [4.78, 5) is 22.3. The van der Waals surface area contributed by atoms with Crippen LogP contribution >= 0.6 is 15.9 Å². The van der Waals surface area contributed by atoms with Crippen LogP contribution in [0.25, 0.3) is 0 Å². The number of halogens is 1. The molecular formula is C25H21BrN4O6S. The Bertz CT molecular complexity index is 1460. The number of hydrogen-bond donors (Lipinski definition) is 0. The molecule has 3 aromatic rings. The fraction of sp³-hybridized carbons (Fsp3) is 0.240. The van der Waals surface area contributed by atoms with Gasteiger partial charge >= 0.3 is 0 Å². The molecular weight excluding hydrogens is 564 g/mol. The van der Waals surface area contributed by atoms with Crippen LogP contribution in [0.2, 0.25) is 0 Å². The second kappa shape index (κ2) is 10.4. The summed E-state index contributed by atoms with van der Waals surface area (Å²) in [6.45, 7) is 1.64. The predicted molar refractivity (Wildman–Crippen MR) is 138 cm³/mol. The molecule has 5 atom stereocenters. The maximum absolute atomic E-state index is 14.0. The third-order valence-corrected chi connectivity index (χ3v) is 9.10. The van der Waals surface area contributed by atoms with Crippen LogP contribution < -0.4 is 0 Å². The van der Waals surface area contributed by atoms with Gasteiger partial charge in [-0.3, -0.25) is 20.2 Å². The highest BCUT2D eigenvalue weighted by Gasteiger charge is 2.58. The lowest BCUT2D eigenvalue weighted by molar-refractivity contribution is -0.540. The number of nitro groups is 2. The molecule has 37 heavy (non-hydrogen) atoms. The highest BCUT2D eigenvalue weighted by Crippen LogP contribution is 2.49. The van der Waals surface area contributed by atoms with Gasteiger partial charge in [-0.15, -0.1) is 0 Å². The van der Waals surface area contributed by atoms with E-state index in [0.29, 0.717) is 11.1 Å². The lowest BCUT2D eigenvalue weighted by atomic mass is 9.71.